The van der Waals surface area contributed by atoms with Gasteiger partial charge in [0.25, 0.3) is 0 Å². The molecule has 0 heterocycles. The van der Waals surface area contributed by atoms with Gasteiger partial charge in [-0.3, -0.25) is 52.7 Å². The molecule has 0 saturated carbocycles. The first-order chi connectivity index (χ1) is 28.7. The Morgan fingerprint density at radius 1 is 0.532 bits per heavy atom. The third-order valence-corrected chi connectivity index (χ3v) is 9.18. The molecule has 0 aromatic heterocycles. The molecule has 9 atom stereocenters. The Kier molecular flexibility index (Phi) is 24.6. The molecule has 0 aromatic carbocycles. The number of aliphatic carboxylic acids is 4. The standard InChI is InChI=1S/C36H59N9O17/c1-6-16(4)27(38)33(58)45-29(17(5)46)35(60)41-19(8-11-24(49)50)31(56)40-18(7-10-22(37)47)30(55)39-14-23(48)44-28(15(2)3)34(59)43-21(13-26(53)54)32(57)42-20(36(61)62)9-12-25(51)52/h15-21,27-29,46H,6-14,38H2,1-5H3,(H2,37,47)(H,39,55)(H,40,56)(H,41,60)(H,42,57)(H,43,59)(H,44,48)(H,45,58)(H,49,50)(H,51,52)(H,53,54)(H,61,62)/t16-,17+,18-,19-,20-,21-,27-,28-,29-/m0/s1. The van der Waals surface area contributed by atoms with Crippen molar-refractivity contribution in [2.75, 3.05) is 6.54 Å². The van der Waals surface area contributed by atoms with Crippen molar-refractivity contribution in [1.82, 2.24) is 37.2 Å². The number of hydrogen-bond donors (Lipinski definition) is 14. The largest absolute Gasteiger partial charge is 0.481 e. The van der Waals surface area contributed by atoms with E-state index < -0.39 is 177 Å². The lowest BCUT2D eigenvalue weighted by molar-refractivity contribution is -0.144. The van der Waals surface area contributed by atoms with Gasteiger partial charge in [0.05, 0.1) is 25.1 Å². The molecule has 350 valence electrons. The molecule has 8 amide bonds. The highest BCUT2D eigenvalue weighted by atomic mass is 16.4. The first-order valence-electron chi connectivity index (χ1n) is 19.4. The lowest BCUT2D eigenvalue weighted by atomic mass is 9.98. The van der Waals surface area contributed by atoms with Crippen molar-refractivity contribution in [3.8, 4) is 0 Å². The number of aliphatic hydroxyl groups is 1. The van der Waals surface area contributed by atoms with Crippen LogP contribution >= 0.6 is 0 Å². The average molecular weight is 890 g/mol. The molecule has 0 aromatic rings. The van der Waals surface area contributed by atoms with Crippen molar-refractivity contribution >= 4 is 71.1 Å². The van der Waals surface area contributed by atoms with Gasteiger partial charge in [-0.25, -0.2) is 4.79 Å². The average Bonchev–Trinajstić information content (AvgIpc) is 3.17. The number of nitrogens with two attached hydrogens (primary N) is 2. The van der Waals surface area contributed by atoms with Crippen LogP contribution in [0.25, 0.3) is 0 Å². The Balaban J connectivity index is 6.09. The Hall–Kier alpha value is -6.44. The van der Waals surface area contributed by atoms with Crippen molar-refractivity contribution in [2.24, 2.45) is 23.3 Å². The van der Waals surface area contributed by atoms with E-state index in [0.29, 0.717) is 6.42 Å². The van der Waals surface area contributed by atoms with E-state index in [1.807, 2.05) is 5.32 Å². The number of carbonyl (C=O) groups excluding carboxylic acids is 8. The second-order valence-electron chi connectivity index (χ2n) is 14.7. The first-order valence-corrected chi connectivity index (χ1v) is 19.4. The lowest BCUT2D eigenvalue weighted by Crippen LogP contribution is -2.60. The second-order valence-corrected chi connectivity index (χ2v) is 14.7. The maximum absolute atomic E-state index is 13.5. The zero-order valence-electron chi connectivity index (χ0n) is 34.9. The zero-order chi connectivity index (χ0) is 48.0. The third kappa shape index (κ3) is 21.2. The normalized spacial score (nSPS) is 15.3. The minimum absolute atomic E-state index is 0.322. The number of nitrogens with one attached hydrogen (secondary N) is 7. The van der Waals surface area contributed by atoms with Crippen LogP contribution in [0.1, 0.15) is 86.0 Å². The van der Waals surface area contributed by atoms with E-state index in [9.17, 15) is 78.0 Å². The summed E-state index contributed by atoms with van der Waals surface area (Å²) in [5.41, 5.74) is 11.1. The summed E-state index contributed by atoms with van der Waals surface area (Å²) >= 11 is 0. The van der Waals surface area contributed by atoms with Crippen molar-refractivity contribution < 1.29 is 83.1 Å². The van der Waals surface area contributed by atoms with Crippen LogP contribution in [0.3, 0.4) is 0 Å². The Morgan fingerprint density at radius 2 is 0.984 bits per heavy atom. The van der Waals surface area contributed by atoms with Crippen LogP contribution in [-0.4, -0.2) is 152 Å². The number of amides is 8. The highest BCUT2D eigenvalue weighted by Gasteiger charge is 2.35. The topological polar surface area (TPSA) is 442 Å². The molecule has 26 heteroatoms. The summed E-state index contributed by atoms with van der Waals surface area (Å²) in [6, 6.07) is -11.3. The van der Waals surface area contributed by atoms with Gasteiger partial charge in [-0.05, 0) is 38.0 Å². The minimum Gasteiger partial charge on any atom is -0.481 e. The Morgan fingerprint density at radius 3 is 1.45 bits per heavy atom. The number of carboxylic acid groups (broad SMARTS) is 4. The van der Waals surface area contributed by atoms with Gasteiger partial charge in [-0.2, -0.15) is 0 Å². The lowest BCUT2D eigenvalue weighted by Gasteiger charge is -2.27. The van der Waals surface area contributed by atoms with Crippen LogP contribution in [0.5, 0.6) is 0 Å². The zero-order valence-corrected chi connectivity index (χ0v) is 34.9. The van der Waals surface area contributed by atoms with E-state index in [1.54, 1.807) is 13.8 Å². The van der Waals surface area contributed by atoms with Gasteiger partial charge in [0.2, 0.25) is 47.3 Å². The highest BCUT2D eigenvalue weighted by molar-refractivity contribution is 5.98. The molecule has 0 spiro atoms. The molecule has 0 rings (SSSR count). The summed E-state index contributed by atoms with van der Waals surface area (Å²) in [4.78, 5) is 149. The molecule has 0 unspecified atom stereocenters. The molecule has 0 radical (unpaired) electrons. The van der Waals surface area contributed by atoms with Crippen LogP contribution in [0.2, 0.25) is 0 Å². The fourth-order valence-electron chi connectivity index (χ4n) is 5.29. The number of carbonyl (C=O) groups is 12. The predicted molar refractivity (Wildman–Crippen MR) is 211 cm³/mol. The second kappa shape index (κ2) is 27.4. The summed E-state index contributed by atoms with van der Waals surface area (Å²) in [6.45, 7) is 6.59. The van der Waals surface area contributed by atoms with Crippen LogP contribution in [0.15, 0.2) is 0 Å². The third-order valence-electron chi connectivity index (χ3n) is 9.18. The molecule has 62 heavy (non-hydrogen) atoms. The first kappa shape index (κ1) is 55.6. The van der Waals surface area contributed by atoms with E-state index in [1.165, 1.54) is 13.8 Å². The summed E-state index contributed by atoms with van der Waals surface area (Å²) in [5.74, 6) is -15.6. The Labute approximate surface area is 355 Å². The van der Waals surface area contributed by atoms with Gasteiger partial charge in [-0.15, -0.1) is 0 Å². The van der Waals surface area contributed by atoms with Crippen LogP contribution in [-0.2, 0) is 57.5 Å². The molecule has 0 bridgehead atoms. The van der Waals surface area contributed by atoms with Crippen molar-refractivity contribution in [3.05, 3.63) is 0 Å². The molecular weight excluding hydrogens is 830 g/mol. The van der Waals surface area contributed by atoms with E-state index in [-0.39, 0.29) is 5.92 Å². The van der Waals surface area contributed by atoms with E-state index in [2.05, 4.69) is 31.9 Å². The quantitative estimate of drug-likeness (QED) is 0.0321. The number of carboxylic acids is 4. The molecule has 0 aliphatic heterocycles. The SMILES string of the molecule is CC[C@H](C)[C@H](N)C(=O)N[C@H](C(=O)N[C@@H](CCC(=O)O)C(=O)N[C@@H](CCC(N)=O)C(=O)NCC(=O)N[C@H](C(=O)N[C@@H](CC(=O)O)C(=O)N[C@@H](CCC(=O)O)C(=O)O)C(C)C)[C@@H](C)O. The maximum Gasteiger partial charge on any atom is 0.326 e. The molecular formula is C36H59N9O17. The molecule has 0 saturated heterocycles. The molecule has 26 nitrogen and oxygen atoms in total. The molecule has 0 fully saturated rings. The fourth-order valence-corrected chi connectivity index (χ4v) is 5.29. The summed E-state index contributed by atoms with van der Waals surface area (Å²) in [7, 11) is 0. The van der Waals surface area contributed by atoms with Crippen molar-refractivity contribution in [3.63, 3.8) is 0 Å². The molecule has 16 N–H and O–H groups in total. The van der Waals surface area contributed by atoms with Gasteiger partial charge >= 0.3 is 23.9 Å². The number of primary amides is 1. The van der Waals surface area contributed by atoms with Crippen LogP contribution in [0, 0.1) is 11.8 Å². The van der Waals surface area contributed by atoms with E-state index >= 15 is 0 Å². The monoisotopic (exact) mass is 889 g/mol. The number of hydrogen-bond acceptors (Lipinski definition) is 14. The maximum atomic E-state index is 13.5. The van der Waals surface area contributed by atoms with Gasteiger partial charge in [0, 0.05) is 19.3 Å². The van der Waals surface area contributed by atoms with Crippen LogP contribution < -0.4 is 48.7 Å². The molecule has 0 aliphatic rings. The highest BCUT2D eigenvalue weighted by Crippen LogP contribution is 2.09. The Bertz CT molecular complexity index is 1660. The van der Waals surface area contributed by atoms with Gasteiger partial charge in [-0.1, -0.05) is 34.1 Å². The minimum atomic E-state index is -1.90. The summed E-state index contributed by atoms with van der Waals surface area (Å²) in [5, 5.41) is 62.4. The fraction of sp³-hybridized carbons (Fsp3) is 0.667. The predicted octanol–water partition coefficient (Wildman–Crippen LogP) is -5.02. The summed E-state index contributed by atoms with van der Waals surface area (Å²) < 4.78 is 0. The molecule has 0 aliphatic carbocycles. The number of rotatable bonds is 30. The van der Waals surface area contributed by atoms with E-state index in [0.717, 1.165) is 6.92 Å². The smallest absolute Gasteiger partial charge is 0.326 e. The van der Waals surface area contributed by atoms with Gasteiger partial charge < -0.3 is 74.2 Å². The number of aliphatic hydroxyl groups excluding tert-OH is 1. The van der Waals surface area contributed by atoms with E-state index in [4.69, 9.17) is 16.6 Å². The van der Waals surface area contributed by atoms with Crippen molar-refractivity contribution in [2.45, 2.75) is 134 Å². The van der Waals surface area contributed by atoms with Gasteiger partial charge in [0.15, 0.2) is 0 Å². The van der Waals surface area contributed by atoms with Gasteiger partial charge in [0.1, 0.15) is 36.3 Å². The summed E-state index contributed by atoms with van der Waals surface area (Å²) in [6.07, 6.45) is -5.57. The van der Waals surface area contributed by atoms with Crippen LogP contribution in [0.4, 0.5) is 0 Å². The van der Waals surface area contributed by atoms with Crippen molar-refractivity contribution in [1.29, 1.82) is 0 Å².